The number of nitrogens with two attached hydrogens (primary N) is 1. The number of aromatic carboxylic acids is 1. The van der Waals surface area contributed by atoms with Crippen molar-refractivity contribution in [2.24, 2.45) is 5.92 Å². The lowest BCUT2D eigenvalue weighted by molar-refractivity contribution is 0.0698. The summed E-state index contributed by atoms with van der Waals surface area (Å²) in [4.78, 5) is 12.9. The molecule has 0 bridgehead atoms. The Morgan fingerprint density at radius 1 is 1.56 bits per heavy atom. The van der Waals surface area contributed by atoms with Crippen LogP contribution in [0.1, 0.15) is 30.1 Å². The third kappa shape index (κ3) is 2.55. The summed E-state index contributed by atoms with van der Waals surface area (Å²) in [6.07, 6.45) is 2.33. The van der Waals surface area contributed by atoms with Gasteiger partial charge in [0.15, 0.2) is 0 Å². The summed E-state index contributed by atoms with van der Waals surface area (Å²) in [6.45, 7) is 3.35. The Kier molecular flexibility index (Phi) is 3.41. The highest BCUT2D eigenvalue weighted by atomic mass is 19.1. The summed E-state index contributed by atoms with van der Waals surface area (Å²) in [6, 6.07) is 2.42. The first kappa shape index (κ1) is 12.7. The quantitative estimate of drug-likeness (QED) is 0.789. The number of carbonyl (C=O) groups is 1. The van der Waals surface area contributed by atoms with Crippen molar-refractivity contribution in [3.8, 4) is 0 Å². The average Bonchev–Trinajstić information content (AvgIpc) is 3.10. The highest BCUT2D eigenvalue weighted by Crippen LogP contribution is 2.33. The van der Waals surface area contributed by atoms with E-state index in [1.54, 1.807) is 0 Å². The van der Waals surface area contributed by atoms with Gasteiger partial charge < -0.3 is 15.7 Å². The maximum absolute atomic E-state index is 13.9. The van der Waals surface area contributed by atoms with E-state index >= 15 is 0 Å². The zero-order valence-corrected chi connectivity index (χ0v) is 10.3. The zero-order chi connectivity index (χ0) is 13.3. The Morgan fingerprint density at radius 3 is 2.72 bits per heavy atom. The predicted molar refractivity (Wildman–Crippen MR) is 68.4 cm³/mol. The molecule has 0 amide bonds. The fraction of sp³-hybridized carbons (Fsp3) is 0.462. The van der Waals surface area contributed by atoms with E-state index in [0.717, 1.165) is 12.6 Å². The fourth-order valence-corrected chi connectivity index (χ4v) is 2.01. The molecule has 0 unspecified atom stereocenters. The van der Waals surface area contributed by atoms with E-state index in [-0.39, 0.29) is 11.3 Å². The van der Waals surface area contributed by atoms with Crippen LogP contribution in [-0.2, 0) is 0 Å². The summed E-state index contributed by atoms with van der Waals surface area (Å²) < 4.78 is 13.9. The van der Waals surface area contributed by atoms with Crippen LogP contribution in [0.3, 0.4) is 0 Å². The van der Waals surface area contributed by atoms with Crippen LogP contribution in [0.15, 0.2) is 12.1 Å². The first-order valence-electron chi connectivity index (χ1n) is 6.10. The molecule has 0 radical (unpaired) electrons. The van der Waals surface area contributed by atoms with Crippen molar-refractivity contribution in [1.82, 2.24) is 0 Å². The van der Waals surface area contributed by atoms with E-state index in [1.165, 1.54) is 18.9 Å². The molecule has 0 saturated heterocycles. The van der Waals surface area contributed by atoms with Gasteiger partial charge in [-0.1, -0.05) is 0 Å². The maximum Gasteiger partial charge on any atom is 0.337 e. The predicted octanol–water partition coefficient (Wildman–Crippen LogP) is 2.34. The van der Waals surface area contributed by atoms with Crippen molar-refractivity contribution in [2.45, 2.75) is 19.8 Å². The van der Waals surface area contributed by atoms with Gasteiger partial charge in [0.2, 0.25) is 0 Å². The molecule has 0 spiro atoms. The smallest absolute Gasteiger partial charge is 0.337 e. The number of halogens is 1. The van der Waals surface area contributed by atoms with E-state index in [4.69, 9.17) is 10.8 Å². The molecule has 0 aliphatic heterocycles. The van der Waals surface area contributed by atoms with Gasteiger partial charge in [-0.15, -0.1) is 0 Å². The topological polar surface area (TPSA) is 66.6 Å². The van der Waals surface area contributed by atoms with E-state index < -0.39 is 11.8 Å². The van der Waals surface area contributed by atoms with Crippen molar-refractivity contribution in [1.29, 1.82) is 0 Å². The lowest BCUT2D eigenvalue weighted by Gasteiger charge is -2.24. The largest absolute Gasteiger partial charge is 0.478 e. The SMILES string of the molecule is CCN(CC1CC1)c1cc(C(=O)O)c(N)cc1F. The Bertz CT molecular complexity index is 472. The Balaban J connectivity index is 2.34. The minimum absolute atomic E-state index is 0.0359. The molecule has 0 aromatic heterocycles. The molecular formula is C13H17FN2O2. The minimum Gasteiger partial charge on any atom is -0.478 e. The number of carboxylic acid groups (broad SMARTS) is 1. The molecule has 1 aromatic rings. The molecule has 4 nitrogen and oxygen atoms in total. The lowest BCUT2D eigenvalue weighted by Crippen LogP contribution is -2.26. The van der Waals surface area contributed by atoms with Crippen molar-refractivity contribution >= 4 is 17.3 Å². The van der Waals surface area contributed by atoms with Crippen LogP contribution in [0.2, 0.25) is 0 Å². The van der Waals surface area contributed by atoms with Crippen LogP contribution in [0.25, 0.3) is 0 Å². The Hall–Kier alpha value is -1.78. The first-order valence-corrected chi connectivity index (χ1v) is 6.10. The van der Waals surface area contributed by atoms with Gasteiger partial charge in [-0.3, -0.25) is 0 Å². The number of nitrogen functional groups attached to an aromatic ring is 1. The van der Waals surface area contributed by atoms with Crippen LogP contribution in [0.4, 0.5) is 15.8 Å². The molecule has 5 heteroatoms. The summed E-state index contributed by atoms with van der Waals surface area (Å²) in [5.74, 6) is -0.980. The molecule has 1 saturated carbocycles. The molecule has 3 N–H and O–H groups in total. The van der Waals surface area contributed by atoms with Crippen LogP contribution in [-0.4, -0.2) is 24.2 Å². The molecule has 98 valence electrons. The van der Waals surface area contributed by atoms with Gasteiger partial charge in [-0.05, 0) is 37.8 Å². The Morgan fingerprint density at radius 2 is 2.22 bits per heavy atom. The number of hydrogen-bond donors (Lipinski definition) is 2. The molecule has 18 heavy (non-hydrogen) atoms. The van der Waals surface area contributed by atoms with Gasteiger partial charge in [0, 0.05) is 18.8 Å². The Labute approximate surface area is 105 Å². The minimum atomic E-state index is -1.13. The van der Waals surface area contributed by atoms with Gasteiger partial charge >= 0.3 is 5.97 Å². The first-order chi connectivity index (χ1) is 8.52. The van der Waals surface area contributed by atoms with Crippen LogP contribution >= 0.6 is 0 Å². The van der Waals surface area contributed by atoms with E-state index in [1.807, 2.05) is 11.8 Å². The third-order valence-corrected chi connectivity index (χ3v) is 3.25. The van der Waals surface area contributed by atoms with Crippen molar-refractivity contribution < 1.29 is 14.3 Å². The second kappa shape index (κ2) is 4.84. The van der Waals surface area contributed by atoms with E-state index in [9.17, 15) is 9.18 Å². The highest BCUT2D eigenvalue weighted by Gasteiger charge is 2.25. The summed E-state index contributed by atoms with van der Waals surface area (Å²) in [7, 11) is 0. The van der Waals surface area contributed by atoms with Gasteiger partial charge in [-0.2, -0.15) is 0 Å². The van der Waals surface area contributed by atoms with Crippen LogP contribution in [0, 0.1) is 11.7 Å². The zero-order valence-electron chi connectivity index (χ0n) is 10.3. The lowest BCUT2D eigenvalue weighted by atomic mass is 10.1. The maximum atomic E-state index is 13.9. The average molecular weight is 252 g/mol. The van der Waals surface area contributed by atoms with E-state index in [0.29, 0.717) is 18.2 Å². The summed E-state index contributed by atoms with van der Waals surface area (Å²) in [5, 5.41) is 9.01. The van der Waals surface area contributed by atoms with E-state index in [2.05, 4.69) is 0 Å². The number of nitrogens with zero attached hydrogens (tertiary/aromatic N) is 1. The molecule has 0 atom stereocenters. The van der Waals surface area contributed by atoms with Crippen LogP contribution in [0.5, 0.6) is 0 Å². The molecule has 1 fully saturated rings. The molecular weight excluding hydrogens is 235 g/mol. The van der Waals surface area contributed by atoms with Crippen molar-refractivity contribution in [3.05, 3.63) is 23.5 Å². The monoisotopic (exact) mass is 252 g/mol. The van der Waals surface area contributed by atoms with Gasteiger partial charge in [0.05, 0.1) is 11.3 Å². The molecule has 1 aliphatic carbocycles. The molecule has 0 heterocycles. The summed E-state index contributed by atoms with van der Waals surface area (Å²) in [5.41, 5.74) is 5.76. The molecule has 2 rings (SSSR count). The van der Waals surface area contributed by atoms with Gasteiger partial charge in [0.25, 0.3) is 0 Å². The summed E-state index contributed by atoms with van der Waals surface area (Å²) >= 11 is 0. The third-order valence-electron chi connectivity index (χ3n) is 3.25. The number of benzene rings is 1. The fourth-order valence-electron chi connectivity index (χ4n) is 2.01. The number of anilines is 2. The second-order valence-electron chi connectivity index (χ2n) is 4.68. The van der Waals surface area contributed by atoms with Crippen molar-refractivity contribution in [2.75, 3.05) is 23.7 Å². The van der Waals surface area contributed by atoms with Gasteiger partial charge in [0.1, 0.15) is 5.82 Å². The number of carboxylic acids is 1. The standard InChI is InChI=1S/C13H17FN2O2/c1-2-16(7-8-3-4-8)12-5-9(13(17)18)11(15)6-10(12)14/h5-6,8H,2-4,7,15H2,1H3,(H,17,18). The normalized spacial score (nSPS) is 14.6. The van der Waals surface area contributed by atoms with Gasteiger partial charge in [-0.25, -0.2) is 9.18 Å². The molecule has 1 aromatic carbocycles. The van der Waals surface area contributed by atoms with Crippen molar-refractivity contribution in [3.63, 3.8) is 0 Å². The number of hydrogen-bond acceptors (Lipinski definition) is 3. The van der Waals surface area contributed by atoms with Crippen LogP contribution < -0.4 is 10.6 Å². The molecule has 1 aliphatic rings. The second-order valence-corrected chi connectivity index (χ2v) is 4.68. The highest BCUT2D eigenvalue weighted by molar-refractivity contribution is 5.95. The number of rotatable bonds is 5.